The Labute approximate surface area is 239 Å². The molecule has 0 bridgehead atoms. The Morgan fingerprint density at radius 2 is 2.02 bits per heavy atom. The Morgan fingerprint density at radius 3 is 2.80 bits per heavy atom. The minimum Gasteiger partial charge on any atom is -0.469 e. The van der Waals surface area contributed by atoms with Crippen molar-refractivity contribution in [3.05, 3.63) is 69.2 Å². The number of benzene rings is 2. The van der Waals surface area contributed by atoms with Gasteiger partial charge >= 0.3 is 5.97 Å². The molecular formula is C29H30F2N4O5S. The van der Waals surface area contributed by atoms with Crippen LogP contribution in [0.3, 0.4) is 0 Å². The van der Waals surface area contributed by atoms with E-state index in [0.29, 0.717) is 25.1 Å². The van der Waals surface area contributed by atoms with Crippen LogP contribution < -0.4 is 5.32 Å². The maximum Gasteiger partial charge on any atom is 0.305 e. The van der Waals surface area contributed by atoms with Crippen LogP contribution in [0.4, 0.5) is 20.5 Å². The quantitative estimate of drug-likeness (QED) is 0.239. The number of hydrogen-bond donors (Lipinski definition) is 1. The van der Waals surface area contributed by atoms with E-state index in [9.17, 15) is 14.0 Å². The van der Waals surface area contributed by atoms with E-state index in [1.165, 1.54) is 36.6 Å². The SMILES string of the molecule is COC[C@@H]1CC[C@@H](c2ncc(CCC(=O)OC)s2)N1C(=O)Cc1ccc2nc(Nc3cc(F)ccc3C)oc2c1F. The predicted molar refractivity (Wildman–Crippen MR) is 149 cm³/mol. The average Bonchev–Trinajstić information content (AvgIpc) is 3.69. The zero-order chi connectivity index (χ0) is 29.1. The highest BCUT2D eigenvalue weighted by Gasteiger charge is 2.39. The summed E-state index contributed by atoms with van der Waals surface area (Å²) in [5.74, 6) is -1.66. The summed E-state index contributed by atoms with van der Waals surface area (Å²) in [6.07, 6.45) is 3.71. The molecule has 5 rings (SSSR count). The molecule has 2 atom stereocenters. The number of methoxy groups -OCH3 is 2. The van der Waals surface area contributed by atoms with Crippen LogP contribution in [0, 0.1) is 18.6 Å². The standard InChI is InChI=1S/C29H30F2N4O5S/c1-16-4-6-18(30)13-22(16)34-29-33-21-9-5-17(26(31)27(21)40-29)12-24(36)35-19(15-38-2)7-10-23(35)28-32-14-20(41-28)8-11-25(37)39-3/h4-6,9,13-14,19,23H,7-8,10-12,15H2,1-3H3,(H,33,34)/t19-,23-/m0/s1. The Balaban J connectivity index is 1.35. The third kappa shape index (κ3) is 6.23. The summed E-state index contributed by atoms with van der Waals surface area (Å²) in [5, 5.41) is 3.66. The Bertz CT molecular complexity index is 1570. The lowest BCUT2D eigenvalue weighted by molar-refractivity contribution is -0.140. The molecule has 2 aromatic carbocycles. The second kappa shape index (κ2) is 12.3. The maximum absolute atomic E-state index is 15.6. The van der Waals surface area contributed by atoms with Crippen molar-refractivity contribution >= 4 is 46.0 Å². The monoisotopic (exact) mass is 584 g/mol. The number of halogens is 2. The number of esters is 1. The van der Waals surface area contributed by atoms with Gasteiger partial charge in [0.1, 0.15) is 16.3 Å². The van der Waals surface area contributed by atoms with E-state index in [1.54, 1.807) is 37.3 Å². The first kappa shape index (κ1) is 28.6. The van der Waals surface area contributed by atoms with Crippen LogP contribution in [-0.4, -0.2) is 53.6 Å². The summed E-state index contributed by atoms with van der Waals surface area (Å²) in [7, 11) is 2.93. The lowest BCUT2D eigenvalue weighted by Gasteiger charge is -2.29. The number of fused-ring (bicyclic) bond motifs is 1. The number of carbonyl (C=O) groups excluding carboxylic acids is 2. The fraction of sp³-hybridized carbons (Fsp3) is 0.379. The molecule has 3 heterocycles. The first-order valence-corrected chi connectivity index (χ1v) is 14.0. The van der Waals surface area contributed by atoms with Gasteiger partial charge in [-0.25, -0.2) is 13.8 Å². The highest BCUT2D eigenvalue weighted by molar-refractivity contribution is 7.11. The van der Waals surface area contributed by atoms with Gasteiger partial charge in [-0.15, -0.1) is 11.3 Å². The first-order chi connectivity index (χ1) is 19.8. The van der Waals surface area contributed by atoms with Crippen LogP contribution in [0.5, 0.6) is 0 Å². The number of carbonyl (C=O) groups is 2. The number of oxazole rings is 1. The summed E-state index contributed by atoms with van der Waals surface area (Å²) in [6, 6.07) is 6.94. The highest BCUT2D eigenvalue weighted by Crippen LogP contribution is 2.39. The van der Waals surface area contributed by atoms with Crippen LogP contribution in [0.25, 0.3) is 11.1 Å². The fourth-order valence-electron chi connectivity index (χ4n) is 5.07. The minimum atomic E-state index is -0.675. The molecule has 2 aromatic heterocycles. The number of ether oxygens (including phenoxy) is 2. The van der Waals surface area contributed by atoms with Gasteiger partial charge in [-0.05, 0) is 49.9 Å². The molecule has 1 aliphatic heterocycles. The molecule has 1 amide bonds. The van der Waals surface area contributed by atoms with Crippen LogP contribution in [0.2, 0.25) is 0 Å². The zero-order valence-corrected chi connectivity index (χ0v) is 23.7. The highest BCUT2D eigenvalue weighted by atomic mass is 32.1. The van der Waals surface area contributed by atoms with Gasteiger partial charge in [0.15, 0.2) is 11.4 Å². The predicted octanol–water partition coefficient (Wildman–Crippen LogP) is 5.64. The van der Waals surface area contributed by atoms with Crippen molar-refractivity contribution in [3.8, 4) is 0 Å². The van der Waals surface area contributed by atoms with Crippen molar-refractivity contribution < 1.29 is 32.3 Å². The van der Waals surface area contributed by atoms with Crippen LogP contribution >= 0.6 is 11.3 Å². The van der Waals surface area contributed by atoms with Crippen molar-refractivity contribution in [3.63, 3.8) is 0 Å². The summed E-state index contributed by atoms with van der Waals surface area (Å²) in [4.78, 5) is 36.7. The van der Waals surface area contributed by atoms with Gasteiger partial charge in [-0.1, -0.05) is 12.1 Å². The molecule has 1 aliphatic rings. The number of aryl methyl sites for hydroxylation is 2. The number of nitrogens with zero attached hydrogens (tertiary/aromatic N) is 3. The van der Waals surface area contributed by atoms with Crippen molar-refractivity contribution in [1.29, 1.82) is 0 Å². The molecule has 9 nitrogen and oxygen atoms in total. The number of rotatable bonds is 10. The smallest absolute Gasteiger partial charge is 0.305 e. The lowest BCUT2D eigenvalue weighted by atomic mass is 10.1. The Morgan fingerprint density at radius 1 is 1.20 bits per heavy atom. The van der Waals surface area contributed by atoms with Crippen molar-refractivity contribution in [1.82, 2.24) is 14.9 Å². The number of aromatic nitrogens is 2. The molecule has 4 aromatic rings. The molecule has 0 aliphatic carbocycles. The van der Waals surface area contributed by atoms with Crippen molar-refractivity contribution in [2.75, 3.05) is 26.1 Å². The largest absolute Gasteiger partial charge is 0.469 e. The molecule has 1 fully saturated rings. The number of nitrogens with one attached hydrogen (secondary N) is 1. The third-order valence-corrected chi connectivity index (χ3v) is 8.33. The number of anilines is 2. The number of thiazole rings is 1. The van der Waals surface area contributed by atoms with Crippen molar-refractivity contribution in [2.45, 2.75) is 51.1 Å². The Kier molecular flexibility index (Phi) is 8.60. The van der Waals surface area contributed by atoms with Gasteiger partial charge in [0, 0.05) is 29.4 Å². The molecule has 0 radical (unpaired) electrons. The molecule has 0 saturated carbocycles. The molecule has 1 saturated heterocycles. The van der Waals surface area contributed by atoms with Gasteiger partial charge in [-0.2, -0.15) is 4.98 Å². The first-order valence-electron chi connectivity index (χ1n) is 13.2. The minimum absolute atomic E-state index is 0.0163. The molecule has 216 valence electrons. The molecule has 0 spiro atoms. The van der Waals surface area contributed by atoms with Gasteiger partial charge in [-0.3, -0.25) is 9.59 Å². The topological polar surface area (TPSA) is 107 Å². The summed E-state index contributed by atoms with van der Waals surface area (Å²) >= 11 is 1.46. The number of amides is 1. The van der Waals surface area contributed by atoms with E-state index in [1.807, 2.05) is 0 Å². The second-order valence-electron chi connectivity index (χ2n) is 9.91. The number of likely N-dealkylation sites (tertiary alicyclic amines) is 1. The summed E-state index contributed by atoms with van der Waals surface area (Å²) in [5.41, 5.74) is 1.57. The van der Waals surface area contributed by atoms with Gasteiger partial charge in [0.2, 0.25) is 5.91 Å². The normalized spacial score (nSPS) is 16.9. The van der Waals surface area contributed by atoms with Gasteiger partial charge in [0.05, 0.1) is 38.6 Å². The Hall–Kier alpha value is -3.90. The van der Waals surface area contributed by atoms with Gasteiger partial charge < -0.3 is 24.1 Å². The summed E-state index contributed by atoms with van der Waals surface area (Å²) < 4.78 is 45.0. The van der Waals surface area contributed by atoms with Crippen LogP contribution in [-0.2, 0) is 31.9 Å². The van der Waals surface area contributed by atoms with E-state index >= 15 is 4.39 Å². The molecule has 12 heteroatoms. The van der Waals surface area contributed by atoms with E-state index in [-0.39, 0.29) is 59.5 Å². The van der Waals surface area contributed by atoms with E-state index in [2.05, 4.69) is 15.3 Å². The van der Waals surface area contributed by atoms with E-state index in [0.717, 1.165) is 21.9 Å². The zero-order valence-electron chi connectivity index (χ0n) is 22.9. The molecule has 1 N–H and O–H groups in total. The molecule has 41 heavy (non-hydrogen) atoms. The van der Waals surface area contributed by atoms with E-state index in [4.69, 9.17) is 13.9 Å². The second-order valence-corrected chi connectivity index (χ2v) is 11.1. The summed E-state index contributed by atoms with van der Waals surface area (Å²) in [6.45, 7) is 2.15. The lowest BCUT2D eigenvalue weighted by Crippen LogP contribution is -2.40. The van der Waals surface area contributed by atoms with Crippen LogP contribution in [0.1, 0.15) is 46.3 Å². The van der Waals surface area contributed by atoms with Crippen molar-refractivity contribution in [2.24, 2.45) is 0 Å². The number of hydrogen-bond acceptors (Lipinski definition) is 9. The van der Waals surface area contributed by atoms with Crippen LogP contribution in [0.15, 0.2) is 40.9 Å². The van der Waals surface area contributed by atoms with E-state index < -0.39 is 11.6 Å². The third-order valence-electron chi connectivity index (χ3n) is 7.17. The van der Waals surface area contributed by atoms with Gasteiger partial charge in [0.25, 0.3) is 6.01 Å². The average molecular weight is 585 g/mol. The fourth-order valence-corrected chi connectivity index (χ4v) is 6.12. The maximum atomic E-state index is 15.6. The molecular weight excluding hydrogens is 554 g/mol. The molecule has 0 unspecified atom stereocenters.